The van der Waals surface area contributed by atoms with E-state index in [9.17, 15) is 4.79 Å². The highest BCUT2D eigenvalue weighted by Gasteiger charge is 2.32. The van der Waals surface area contributed by atoms with E-state index in [1.807, 2.05) is 4.90 Å². The lowest BCUT2D eigenvalue weighted by atomic mass is 9.97. The normalized spacial score (nSPS) is 21.8. The van der Waals surface area contributed by atoms with Crippen molar-refractivity contribution in [3.63, 3.8) is 0 Å². The highest BCUT2D eigenvalue weighted by Crippen LogP contribution is 2.27. The molecule has 1 saturated heterocycles. The number of hydrogen-bond acceptors (Lipinski definition) is 3. The van der Waals surface area contributed by atoms with Gasteiger partial charge in [0.2, 0.25) is 5.91 Å². The Labute approximate surface area is 114 Å². The molecule has 1 aliphatic heterocycles. The van der Waals surface area contributed by atoms with Gasteiger partial charge < -0.3 is 10.6 Å². The first-order chi connectivity index (χ1) is 8.61. The maximum atomic E-state index is 12.2. The minimum atomic E-state index is 0.286. The summed E-state index contributed by atoms with van der Waals surface area (Å²) < 4.78 is 0. The van der Waals surface area contributed by atoms with Crippen LogP contribution in [-0.4, -0.2) is 52.9 Å². The second-order valence-corrected chi connectivity index (χ2v) is 5.84. The maximum absolute atomic E-state index is 12.2. The van der Waals surface area contributed by atoms with Gasteiger partial charge in [-0.2, -0.15) is 0 Å². The summed E-state index contributed by atoms with van der Waals surface area (Å²) in [7, 11) is 0. The first kappa shape index (κ1) is 13.7. The molecule has 0 atom stereocenters. The van der Waals surface area contributed by atoms with Crippen LogP contribution in [0.15, 0.2) is 0 Å². The fourth-order valence-corrected chi connectivity index (χ4v) is 2.92. The van der Waals surface area contributed by atoms with Gasteiger partial charge in [0.25, 0.3) is 0 Å². The Balaban J connectivity index is 1.76. The van der Waals surface area contributed by atoms with E-state index >= 15 is 0 Å². The number of amides is 1. The van der Waals surface area contributed by atoms with Crippen molar-refractivity contribution in [2.24, 2.45) is 11.7 Å². The largest absolute Gasteiger partial charge is 0.393 e. The van der Waals surface area contributed by atoms with Crippen molar-refractivity contribution in [1.29, 1.82) is 0 Å². The van der Waals surface area contributed by atoms with Crippen molar-refractivity contribution < 1.29 is 4.79 Å². The van der Waals surface area contributed by atoms with Crippen LogP contribution in [0.25, 0.3) is 0 Å². The lowest BCUT2D eigenvalue weighted by Gasteiger charge is -2.32. The zero-order chi connectivity index (χ0) is 13.1. The van der Waals surface area contributed by atoms with Gasteiger partial charge in [0, 0.05) is 18.5 Å². The smallest absolute Gasteiger partial charge is 0.236 e. The summed E-state index contributed by atoms with van der Waals surface area (Å²) in [5, 5.41) is 0. The van der Waals surface area contributed by atoms with E-state index in [1.165, 1.54) is 12.8 Å². The molecular formula is C13H23N3OS. The van der Waals surface area contributed by atoms with Crippen molar-refractivity contribution in [3.8, 4) is 0 Å². The quantitative estimate of drug-likeness (QED) is 0.756. The first-order valence-electron chi connectivity index (χ1n) is 6.93. The Hall–Kier alpha value is -0.680. The number of thiocarbonyl (C=S) groups is 1. The molecule has 0 spiro atoms. The van der Waals surface area contributed by atoms with Crippen LogP contribution in [0.2, 0.25) is 0 Å². The van der Waals surface area contributed by atoms with E-state index in [0.29, 0.717) is 23.5 Å². The second-order valence-electron chi connectivity index (χ2n) is 5.36. The summed E-state index contributed by atoms with van der Waals surface area (Å²) >= 11 is 5.03. The van der Waals surface area contributed by atoms with Crippen LogP contribution in [0.3, 0.4) is 0 Å². The minimum absolute atomic E-state index is 0.286. The monoisotopic (exact) mass is 269 g/mol. The maximum Gasteiger partial charge on any atom is 0.236 e. The summed E-state index contributed by atoms with van der Waals surface area (Å²) in [6.07, 6.45) is 4.36. The molecule has 0 aromatic rings. The van der Waals surface area contributed by atoms with E-state index < -0.39 is 0 Å². The van der Waals surface area contributed by atoms with Gasteiger partial charge in [-0.3, -0.25) is 9.69 Å². The number of rotatable bonds is 5. The van der Waals surface area contributed by atoms with Gasteiger partial charge in [-0.15, -0.1) is 0 Å². The molecular weight excluding hydrogens is 246 g/mol. The zero-order valence-corrected chi connectivity index (χ0v) is 11.9. The van der Waals surface area contributed by atoms with Crippen LogP contribution >= 0.6 is 12.2 Å². The molecule has 1 saturated carbocycles. The van der Waals surface area contributed by atoms with E-state index in [1.54, 1.807) is 0 Å². The van der Waals surface area contributed by atoms with Crippen LogP contribution < -0.4 is 5.73 Å². The molecule has 4 nitrogen and oxygen atoms in total. The summed E-state index contributed by atoms with van der Waals surface area (Å²) in [5.41, 5.74) is 5.67. The molecule has 0 aromatic carbocycles. The van der Waals surface area contributed by atoms with Gasteiger partial charge in [0.15, 0.2) is 0 Å². The predicted octanol–water partition coefficient (Wildman–Crippen LogP) is 0.995. The molecule has 102 valence electrons. The Morgan fingerprint density at radius 1 is 1.33 bits per heavy atom. The van der Waals surface area contributed by atoms with E-state index in [-0.39, 0.29) is 5.91 Å². The van der Waals surface area contributed by atoms with Gasteiger partial charge >= 0.3 is 0 Å². The molecule has 0 bridgehead atoms. The molecule has 0 radical (unpaired) electrons. The van der Waals surface area contributed by atoms with Crippen molar-refractivity contribution >= 4 is 23.1 Å². The number of likely N-dealkylation sites (N-methyl/N-ethyl adjacent to an activating group) is 1. The highest BCUT2D eigenvalue weighted by molar-refractivity contribution is 7.80. The van der Waals surface area contributed by atoms with Crippen LogP contribution in [0.5, 0.6) is 0 Å². The molecule has 1 heterocycles. The summed E-state index contributed by atoms with van der Waals surface area (Å²) in [6, 6.07) is 0.525. The molecule has 0 aromatic heterocycles. The number of carbonyl (C=O) groups is 1. The highest BCUT2D eigenvalue weighted by atomic mass is 32.1. The molecule has 2 rings (SSSR count). The van der Waals surface area contributed by atoms with Gasteiger partial charge in [0.1, 0.15) is 0 Å². The van der Waals surface area contributed by atoms with Gasteiger partial charge in [-0.25, -0.2) is 0 Å². The molecule has 2 aliphatic rings. The standard InChI is InChI=1S/C13H23N3OS/c1-2-16(11-3-4-11)12(17)9-15-7-5-10(6-8-15)13(14)18/h10-11H,2-9H2,1H3,(H2,14,18). The molecule has 2 N–H and O–H groups in total. The lowest BCUT2D eigenvalue weighted by Crippen LogP contribution is -2.45. The minimum Gasteiger partial charge on any atom is -0.393 e. The molecule has 2 fully saturated rings. The molecule has 1 amide bonds. The zero-order valence-electron chi connectivity index (χ0n) is 11.1. The van der Waals surface area contributed by atoms with Crippen molar-refractivity contribution in [3.05, 3.63) is 0 Å². The van der Waals surface area contributed by atoms with Gasteiger partial charge in [-0.1, -0.05) is 12.2 Å². The fourth-order valence-electron chi connectivity index (χ4n) is 2.68. The summed E-state index contributed by atoms with van der Waals surface area (Å²) in [5.74, 6) is 0.658. The number of piperidine rings is 1. The topological polar surface area (TPSA) is 49.6 Å². The number of nitrogens with two attached hydrogens (primary N) is 1. The Morgan fingerprint density at radius 3 is 2.39 bits per heavy atom. The van der Waals surface area contributed by atoms with E-state index in [2.05, 4.69) is 11.8 Å². The predicted molar refractivity (Wildman–Crippen MR) is 76.4 cm³/mol. The molecule has 1 aliphatic carbocycles. The van der Waals surface area contributed by atoms with Gasteiger partial charge in [0.05, 0.1) is 11.5 Å². The lowest BCUT2D eigenvalue weighted by molar-refractivity contribution is -0.133. The third kappa shape index (κ3) is 3.42. The van der Waals surface area contributed by atoms with Crippen molar-refractivity contribution in [1.82, 2.24) is 9.80 Å². The van der Waals surface area contributed by atoms with E-state index in [0.717, 1.165) is 32.5 Å². The summed E-state index contributed by atoms with van der Waals surface area (Å²) in [6.45, 7) is 5.35. The SMILES string of the molecule is CCN(C(=O)CN1CCC(C(N)=S)CC1)C1CC1. The Morgan fingerprint density at radius 2 is 1.94 bits per heavy atom. The van der Waals surface area contributed by atoms with Crippen LogP contribution in [0.4, 0.5) is 0 Å². The average Bonchev–Trinajstić information content (AvgIpc) is 3.15. The molecule has 18 heavy (non-hydrogen) atoms. The Kier molecular flexibility index (Phi) is 4.56. The fraction of sp³-hybridized carbons (Fsp3) is 0.846. The molecule has 5 heteroatoms. The van der Waals surface area contributed by atoms with E-state index in [4.69, 9.17) is 18.0 Å². The third-order valence-electron chi connectivity index (χ3n) is 4.00. The third-order valence-corrected chi connectivity index (χ3v) is 4.33. The molecule has 0 unspecified atom stereocenters. The van der Waals surface area contributed by atoms with Crippen molar-refractivity contribution in [2.75, 3.05) is 26.2 Å². The van der Waals surface area contributed by atoms with Gasteiger partial charge in [-0.05, 0) is 45.7 Å². The second kappa shape index (κ2) is 5.97. The first-order valence-corrected chi connectivity index (χ1v) is 7.33. The van der Waals surface area contributed by atoms with Crippen LogP contribution in [0.1, 0.15) is 32.6 Å². The average molecular weight is 269 g/mol. The number of likely N-dealkylation sites (tertiary alicyclic amines) is 1. The number of carbonyl (C=O) groups excluding carboxylic acids is 1. The summed E-state index contributed by atoms with van der Waals surface area (Å²) in [4.78, 5) is 17.1. The van der Waals surface area contributed by atoms with Crippen molar-refractivity contribution in [2.45, 2.75) is 38.6 Å². The number of nitrogens with zero attached hydrogens (tertiary/aromatic N) is 2. The van der Waals surface area contributed by atoms with Crippen LogP contribution in [-0.2, 0) is 4.79 Å². The van der Waals surface area contributed by atoms with Crippen LogP contribution in [0, 0.1) is 5.92 Å². The number of hydrogen-bond donors (Lipinski definition) is 1. The Bertz CT molecular complexity index is 322.